The highest BCUT2D eigenvalue weighted by molar-refractivity contribution is 5.72. The van der Waals surface area contributed by atoms with Gasteiger partial charge in [0, 0.05) is 0 Å². The van der Waals surface area contributed by atoms with Gasteiger partial charge in [-0.05, 0) is 132 Å². The predicted molar refractivity (Wildman–Crippen MR) is 347 cm³/mol. The minimum Gasteiger partial charge on any atom is -0.457 e. The van der Waals surface area contributed by atoms with Crippen molar-refractivity contribution in [2.75, 3.05) is 21.5 Å². The Morgan fingerprint density at radius 3 is 0.690 bits per heavy atom. The molecule has 0 unspecified atom stereocenters. The van der Waals surface area contributed by atoms with Gasteiger partial charge in [-0.1, -0.05) is 121 Å². The number of alkyl halides is 25. The number of rotatable bonds is 5. The number of ether oxygens (including phenoxy) is 1. The van der Waals surface area contributed by atoms with Gasteiger partial charge in [0.15, 0.2) is 0 Å². The van der Waals surface area contributed by atoms with E-state index in [1.165, 1.54) is 42.8 Å². The van der Waals surface area contributed by atoms with Crippen LogP contribution >= 0.6 is 0 Å². The van der Waals surface area contributed by atoms with Crippen LogP contribution in [-0.4, -0.2) is 70.9 Å². The molecule has 0 radical (unpaired) electrons. The molecule has 1 saturated carbocycles. The predicted octanol–water partition coefficient (Wildman–Crippen LogP) is 33.5. The van der Waals surface area contributed by atoms with Gasteiger partial charge in [0.2, 0.25) is 0 Å². The molecule has 0 spiro atoms. The second kappa shape index (κ2) is 59.8. The third kappa shape index (κ3) is 57.8. The molecule has 0 aromatic heterocycles. The maximum absolute atomic E-state index is 12.7. The minimum atomic E-state index is -5.20. The first-order valence-electron chi connectivity index (χ1n) is 28.1. The van der Waals surface area contributed by atoms with Gasteiger partial charge < -0.3 is 4.74 Å². The second-order valence-electron chi connectivity index (χ2n) is 19.4. The Labute approximate surface area is 622 Å². The highest BCUT2D eigenvalue weighted by Crippen LogP contribution is 2.41. The molecule has 1 aliphatic rings. The van der Waals surface area contributed by atoms with E-state index in [2.05, 4.69) is 0 Å². The van der Waals surface area contributed by atoms with E-state index in [4.69, 9.17) is 4.74 Å². The number of benzene rings is 5. The monoisotopic (exact) mass is 1730 g/mol. The molecule has 0 aliphatic heterocycles. The standard InChI is InChI=1S/C15H8F6O.C10H7F5.C9H4F6.C7H7F.C6H11F.4C4H3F5.3CH3F.4CH4/c16-10-3-7-12(8-4-10)22-11-5-1-9(2-6-11)13(14(17)18)15(19,20)21;1-6-2-4-7(5-3-6)8(9(11)12)10(13,14)15;10-6-3-1-2-5(4-6)7(8(11)12)9(13,14)15;1-6-2-4-7(8)5-3-6;7-6-4-2-1-3-5-6;4*1-2(3(5)6)4(7,8)9;3*1-2;;;;/h1-8H;2-5H,1H3;1-4H;2-5H,1H3;6H,1-5H2;4*1H3;3*1H3;4*1H4. The third-order valence-electron chi connectivity index (χ3n) is 11.4. The number of halogens is 42. The Hall–Kier alpha value is -8.86. The van der Waals surface area contributed by atoms with Gasteiger partial charge in [0.1, 0.15) is 51.8 Å². The molecule has 1 fully saturated rings. The Morgan fingerprint density at radius 2 is 0.504 bits per heavy atom. The zero-order chi connectivity index (χ0) is 87.3. The van der Waals surface area contributed by atoms with E-state index in [9.17, 15) is 184 Å². The first-order chi connectivity index (χ1) is 49.5. The highest BCUT2D eigenvalue weighted by atomic mass is 19.4. The lowest BCUT2D eigenvalue weighted by Crippen LogP contribution is -2.11. The Bertz CT molecular complexity index is 3390. The molecule has 1 aliphatic carbocycles. The zero-order valence-corrected chi connectivity index (χ0v) is 56.4. The van der Waals surface area contributed by atoms with Crippen molar-refractivity contribution in [3.63, 3.8) is 0 Å². The topological polar surface area (TPSA) is 9.23 Å². The largest absolute Gasteiger partial charge is 0.457 e. The van der Waals surface area contributed by atoms with Crippen molar-refractivity contribution >= 4 is 16.7 Å². The van der Waals surface area contributed by atoms with Crippen molar-refractivity contribution in [1.29, 1.82) is 0 Å². The van der Waals surface area contributed by atoms with Gasteiger partial charge in [0.25, 0.3) is 42.6 Å². The van der Waals surface area contributed by atoms with Crippen molar-refractivity contribution in [2.24, 2.45) is 0 Å². The fourth-order valence-corrected chi connectivity index (χ4v) is 5.85. The maximum Gasteiger partial charge on any atom is 0.422 e. The molecule has 0 N–H and O–H groups in total. The van der Waals surface area contributed by atoms with E-state index in [0.717, 1.165) is 98.0 Å². The van der Waals surface area contributed by atoms with E-state index in [1.807, 2.05) is 6.92 Å². The molecule has 0 saturated heterocycles. The summed E-state index contributed by atoms with van der Waals surface area (Å²) < 4.78 is 490. The van der Waals surface area contributed by atoms with Crippen LogP contribution in [0.1, 0.15) is 117 Å². The van der Waals surface area contributed by atoms with Crippen LogP contribution in [0.2, 0.25) is 0 Å². The Balaban J connectivity index is -0.000000133. The smallest absolute Gasteiger partial charge is 0.422 e. The van der Waals surface area contributed by atoms with Crippen LogP contribution in [0.3, 0.4) is 0 Å². The molecule has 6 rings (SSSR count). The van der Waals surface area contributed by atoms with Crippen molar-refractivity contribution in [3.8, 4) is 11.5 Å². The van der Waals surface area contributed by atoms with Gasteiger partial charge in [0.05, 0.1) is 43.8 Å². The lowest BCUT2D eigenvalue weighted by atomic mass is 9.99. The van der Waals surface area contributed by atoms with E-state index in [1.54, 1.807) is 19.1 Å². The molecular weight excluding hydrogens is 1650 g/mol. The average Bonchev–Trinajstić information content (AvgIpc) is 0.826. The van der Waals surface area contributed by atoms with Gasteiger partial charge in [-0.3, -0.25) is 13.2 Å². The average molecular weight is 1730 g/mol. The summed E-state index contributed by atoms with van der Waals surface area (Å²) in [5.74, 6) is -1.25. The van der Waals surface area contributed by atoms with E-state index < -0.39 is 159 Å². The van der Waals surface area contributed by atoms with E-state index in [0.29, 0.717) is 60.9 Å². The molecule has 0 amide bonds. The third-order valence-corrected chi connectivity index (χ3v) is 11.4. The quantitative estimate of drug-likeness (QED) is 0.159. The molecule has 0 atom stereocenters. The Kier molecular flexibility index (Phi) is 66.2. The number of hydrogen-bond acceptors (Lipinski definition) is 1. The van der Waals surface area contributed by atoms with Crippen molar-refractivity contribution in [1.82, 2.24) is 0 Å². The molecule has 0 bridgehead atoms. The summed E-state index contributed by atoms with van der Waals surface area (Å²) in [5, 5.41) is 0. The van der Waals surface area contributed by atoms with Crippen LogP contribution in [-0.2, 0) is 0 Å². The van der Waals surface area contributed by atoms with E-state index >= 15 is 0 Å². The molecule has 5 aromatic carbocycles. The first-order valence-corrected chi connectivity index (χ1v) is 28.1. The summed E-state index contributed by atoms with van der Waals surface area (Å²) in [4.78, 5) is 0. The summed E-state index contributed by atoms with van der Waals surface area (Å²) >= 11 is 0. The number of allylic oxidation sites excluding steroid dienone is 7. The summed E-state index contributed by atoms with van der Waals surface area (Å²) in [6.07, 6.45) is -49.4. The minimum absolute atomic E-state index is 0. The van der Waals surface area contributed by atoms with Gasteiger partial charge in [-0.25, -0.2) is 17.6 Å². The molecule has 0 heterocycles. The summed E-state index contributed by atoms with van der Waals surface area (Å²) in [6, 6.07) is 23.1. The highest BCUT2D eigenvalue weighted by Gasteiger charge is 2.42. The Morgan fingerprint density at radius 1 is 0.283 bits per heavy atom. The van der Waals surface area contributed by atoms with Gasteiger partial charge >= 0.3 is 43.2 Å². The van der Waals surface area contributed by atoms with Crippen molar-refractivity contribution < 1.29 is 189 Å². The van der Waals surface area contributed by atoms with Gasteiger partial charge in [-0.2, -0.15) is 154 Å². The molecule has 5 aromatic rings. The van der Waals surface area contributed by atoms with Crippen molar-refractivity contribution in [3.05, 3.63) is 231 Å². The van der Waals surface area contributed by atoms with Crippen LogP contribution in [0.15, 0.2) is 186 Å². The summed E-state index contributed by atoms with van der Waals surface area (Å²) in [5.41, 5.74) is -13.6. The fourth-order valence-electron chi connectivity index (χ4n) is 5.85. The maximum atomic E-state index is 12.7. The zero-order valence-electron chi connectivity index (χ0n) is 56.4. The van der Waals surface area contributed by atoms with Crippen LogP contribution in [0, 0.1) is 31.3 Å². The molecule has 654 valence electrons. The molecule has 1 nitrogen and oxygen atoms in total. The van der Waals surface area contributed by atoms with Crippen LogP contribution in [0.5, 0.6) is 11.5 Å². The van der Waals surface area contributed by atoms with Crippen LogP contribution in [0.25, 0.3) is 16.7 Å². The molecule has 113 heavy (non-hydrogen) atoms. The number of hydrogen-bond donors (Lipinski definition) is 0. The van der Waals surface area contributed by atoms with Crippen molar-refractivity contribution in [2.45, 2.75) is 153 Å². The summed E-state index contributed by atoms with van der Waals surface area (Å²) in [6.45, 7) is 4.90. The lowest BCUT2D eigenvalue weighted by Gasteiger charge is -2.12. The summed E-state index contributed by atoms with van der Waals surface area (Å²) in [7, 11) is 1.50. The first kappa shape index (κ1) is 125. The fraction of sp³-hybridized carbons (Fsp3) is 0.371. The SMILES string of the molecule is C.C.C.C.CC(=C(F)F)C(F)(F)F.CC(=C(F)F)C(F)(F)F.CC(=C(F)F)C(F)(F)F.CC(=C(F)F)C(F)(F)F.CF.CF.CF.Cc1ccc(C(=C(F)F)C(F)(F)F)cc1.Cc1ccc(F)cc1.FC(F)=C(c1ccc(Oc2ccc(F)cc2)cc1)C(F)(F)F.FC(F)=C(c1cccc(F)c1)C(F)(F)F.FC1CCCCC1. The molecule has 43 heteroatoms. The van der Waals surface area contributed by atoms with E-state index in [-0.39, 0.29) is 47.0 Å². The molecular formula is C70H74F42O. The normalized spacial score (nSPS) is 11.2. The van der Waals surface area contributed by atoms with Gasteiger partial charge in [-0.15, -0.1) is 0 Å². The second-order valence-corrected chi connectivity index (χ2v) is 19.4. The van der Waals surface area contributed by atoms with Crippen LogP contribution in [0.4, 0.5) is 184 Å². The van der Waals surface area contributed by atoms with Crippen LogP contribution < -0.4 is 4.74 Å². The number of aryl methyl sites for hydroxylation is 2. The lowest BCUT2D eigenvalue weighted by molar-refractivity contribution is -0.0957.